The number of hydroxylamine groups is 1. The highest BCUT2D eigenvalue weighted by molar-refractivity contribution is 6.02. The van der Waals surface area contributed by atoms with Crippen LogP contribution in [0.2, 0.25) is 0 Å². The zero-order valence-corrected chi connectivity index (χ0v) is 14.3. The second-order valence-electron chi connectivity index (χ2n) is 6.44. The van der Waals surface area contributed by atoms with Crippen molar-refractivity contribution in [3.8, 4) is 5.75 Å². The van der Waals surface area contributed by atoms with Crippen LogP contribution in [-0.2, 0) is 6.42 Å². The number of fused-ring (bicyclic) bond motifs is 1. The summed E-state index contributed by atoms with van der Waals surface area (Å²) >= 11 is 0. The van der Waals surface area contributed by atoms with Gasteiger partial charge in [-0.25, -0.2) is 9.72 Å². The number of hydrogen-bond donors (Lipinski definition) is 2. The number of nitrogens with one attached hydrogen (secondary N) is 2. The highest BCUT2D eigenvalue weighted by Crippen LogP contribution is 2.34. The van der Waals surface area contributed by atoms with E-state index in [1.807, 2.05) is 0 Å². The first kappa shape index (κ1) is 17.1. The van der Waals surface area contributed by atoms with Crippen LogP contribution in [0, 0.1) is 5.21 Å². The first-order valence-corrected chi connectivity index (χ1v) is 7.70. The third-order valence-electron chi connectivity index (χ3n) is 3.69. The first-order chi connectivity index (χ1) is 10.8. The molecule has 7 nitrogen and oxygen atoms in total. The summed E-state index contributed by atoms with van der Waals surface area (Å²) < 4.78 is 6.62. The van der Waals surface area contributed by atoms with E-state index in [0.29, 0.717) is 23.7 Å². The number of anilines is 1. The third kappa shape index (κ3) is 3.38. The maximum absolute atomic E-state index is 12.4. The van der Waals surface area contributed by atoms with Gasteiger partial charge in [-0.15, -0.1) is 0 Å². The van der Waals surface area contributed by atoms with Crippen molar-refractivity contribution in [1.82, 2.24) is 10.3 Å². The Hall–Kier alpha value is -2.31. The van der Waals surface area contributed by atoms with Gasteiger partial charge in [0.1, 0.15) is 22.8 Å². The zero-order valence-electron chi connectivity index (χ0n) is 14.3. The van der Waals surface area contributed by atoms with Crippen molar-refractivity contribution >= 4 is 17.9 Å². The van der Waals surface area contributed by atoms with Gasteiger partial charge in [0.25, 0.3) is 5.91 Å². The zero-order chi connectivity index (χ0) is 17.2. The third-order valence-corrected chi connectivity index (χ3v) is 3.69. The Balaban J connectivity index is 2.73. The second kappa shape index (κ2) is 6.44. The molecule has 0 bridgehead atoms. The van der Waals surface area contributed by atoms with Crippen LogP contribution >= 0.6 is 0 Å². The lowest BCUT2D eigenvalue weighted by Crippen LogP contribution is -2.31. The summed E-state index contributed by atoms with van der Waals surface area (Å²) in [4.78, 5) is 16.6. The van der Waals surface area contributed by atoms with Crippen molar-refractivity contribution in [3.05, 3.63) is 22.0 Å². The molecule has 0 radical (unpaired) electrons. The molecule has 1 aliphatic rings. The van der Waals surface area contributed by atoms with E-state index in [9.17, 15) is 10.0 Å². The van der Waals surface area contributed by atoms with Crippen LogP contribution in [0.3, 0.4) is 0 Å². The molecule has 7 heteroatoms. The van der Waals surface area contributed by atoms with E-state index >= 15 is 0 Å². The van der Waals surface area contributed by atoms with E-state index in [2.05, 4.69) is 15.6 Å². The van der Waals surface area contributed by atoms with Crippen molar-refractivity contribution in [2.24, 2.45) is 0 Å². The minimum Gasteiger partial charge on any atom is -0.623 e. The second-order valence-corrected chi connectivity index (χ2v) is 6.44. The van der Waals surface area contributed by atoms with Crippen LogP contribution in [0.1, 0.15) is 48.8 Å². The number of pyridine rings is 1. The monoisotopic (exact) mass is 320 g/mol. The fraction of sp³-hybridized carbons (Fsp3) is 0.562. The van der Waals surface area contributed by atoms with Crippen LogP contribution in [0.5, 0.6) is 5.75 Å². The van der Waals surface area contributed by atoms with Crippen LogP contribution in [-0.4, -0.2) is 48.1 Å². The number of nitrogens with zero attached hydrogens (tertiary/aromatic N) is 2. The molecule has 0 aromatic carbocycles. The molecule has 2 N–H and O–H groups in total. The number of carbonyl (C=O) groups is 1. The van der Waals surface area contributed by atoms with Gasteiger partial charge in [0.15, 0.2) is 11.8 Å². The number of amides is 1. The maximum Gasteiger partial charge on any atom is 0.270 e. The largest absolute Gasteiger partial charge is 0.623 e. The minimum atomic E-state index is -0.622. The maximum atomic E-state index is 12.4. The van der Waals surface area contributed by atoms with E-state index < -0.39 is 5.54 Å². The predicted molar refractivity (Wildman–Crippen MR) is 89.5 cm³/mol. The molecular formula is C16H24N4O3. The van der Waals surface area contributed by atoms with E-state index in [4.69, 9.17) is 4.74 Å². The van der Waals surface area contributed by atoms with E-state index in [1.165, 1.54) is 13.3 Å². The molecule has 0 fully saturated rings. The number of hydrogen-bond acceptors (Lipinski definition) is 5. The molecule has 0 saturated heterocycles. The summed E-state index contributed by atoms with van der Waals surface area (Å²) in [5.74, 6) is 0.829. The highest BCUT2D eigenvalue weighted by Gasteiger charge is 2.28. The van der Waals surface area contributed by atoms with Gasteiger partial charge in [0.05, 0.1) is 6.61 Å². The van der Waals surface area contributed by atoms with Crippen molar-refractivity contribution in [3.63, 3.8) is 0 Å². The van der Waals surface area contributed by atoms with E-state index in [-0.39, 0.29) is 11.6 Å². The average Bonchev–Trinajstić information content (AvgIpc) is 2.53. The van der Waals surface area contributed by atoms with Gasteiger partial charge in [-0.1, -0.05) is 0 Å². The number of rotatable bonds is 3. The van der Waals surface area contributed by atoms with Gasteiger partial charge >= 0.3 is 0 Å². The number of aromatic nitrogens is 1. The van der Waals surface area contributed by atoms with Gasteiger partial charge in [-0.3, -0.25) is 4.79 Å². The van der Waals surface area contributed by atoms with Crippen LogP contribution in [0.25, 0.3) is 0 Å². The summed E-state index contributed by atoms with van der Waals surface area (Å²) in [5.41, 5.74) is 0.897. The standard InChI is InChI=1S/C16H24N4O3/c1-16(2,3)20(22)9-11-12(15(21)18-5)19-14(17-4)10-7-6-8-23-13(10)11/h9H,6-8H2,1-5H3,(H,17,19)(H,18,21). The number of carbonyl (C=O) groups excluding carboxylic acids is 1. The van der Waals surface area contributed by atoms with Gasteiger partial charge in [-0.2, -0.15) is 0 Å². The fourth-order valence-corrected chi connectivity index (χ4v) is 2.37. The SMILES string of the molecule is CNC(=O)c1nc(NC)c2c(c1C=[N+]([O-])C(C)(C)C)OCCC2. The Labute approximate surface area is 136 Å². The van der Waals surface area contributed by atoms with Gasteiger partial charge in [0, 0.05) is 40.4 Å². The molecule has 0 aliphatic carbocycles. The van der Waals surface area contributed by atoms with Gasteiger partial charge in [0.2, 0.25) is 0 Å². The topological polar surface area (TPSA) is 89.3 Å². The molecule has 23 heavy (non-hydrogen) atoms. The van der Waals surface area contributed by atoms with Crippen LogP contribution in [0.4, 0.5) is 5.82 Å². The Morgan fingerprint density at radius 3 is 2.65 bits per heavy atom. The molecule has 1 aliphatic heterocycles. The molecule has 0 unspecified atom stereocenters. The molecule has 1 aromatic heterocycles. The Bertz CT molecular complexity index is 648. The van der Waals surface area contributed by atoms with E-state index in [0.717, 1.165) is 23.1 Å². The summed E-state index contributed by atoms with van der Waals surface area (Å²) in [6.45, 7) is 5.97. The van der Waals surface area contributed by atoms with Gasteiger partial charge < -0.3 is 20.6 Å². The summed E-state index contributed by atoms with van der Waals surface area (Å²) in [7, 11) is 3.29. The Kier molecular flexibility index (Phi) is 4.77. The lowest BCUT2D eigenvalue weighted by molar-refractivity contribution is -0.530. The molecule has 2 heterocycles. The molecule has 0 spiro atoms. The van der Waals surface area contributed by atoms with Crippen molar-refractivity contribution in [2.75, 3.05) is 26.0 Å². The summed E-state index contributed by atoms with van der Waals surface area (Å²) in [6, 6.07) is 0. The molecular weight excluding hydrogens is 296 g/mol. The molecule has 1 amide bonds. The van der Waals surface area contributed by atoms with Crippen molar-refractivity contribution in [2.45, 2.75) is 39.2 Å². The Morgan fingerprint density at radius 1 is 1.39 bits per heavy atom. The number of ether oxygens (including phenoxy) is 1. The Morgan fingerprint density at radius 2 is 2.09 bits per heavy atom. The first-order valence-electron chi connectivity index (χ1n) is 7.70. The average molecular weight is 320 g/mol. The van der Waals surface area contributed by atoms with Crippen LogP contribution < -0.4 is 15.4 Å². The quantitative estimate of drug-likeness (QED) is 0.382. The lowest BCUT2D eigenvalue weighted by Gasteiger charge is -2.24. The van der Waals surface area contributed by atoms with Crippen molar-refractivity contribution < 1.29 is 14.3 Å². The summed E-state index contributed by atoms with van der Waals surface area (Å²) in [6.07, 6.45) is 3.07. The van der Waals surface area contributed by atoms with E-state index in [1.54, 1.807) is 27.8 Å². The van der Waals surface area contributed by atoms with Crippen LogP contribution in [0.15, 0.2) is 0 Å². The molecule has 2 rings (SSSR count). The smallest absolute Gasteiger partial charge is 0.270 e. The molecule has 126 valence electrons. The minimum absolute atomic E-state index is 0.183. The van der Waals surface area contributed by atoms with Crippen molar-refractivity contribution in [1.29, 1.82) is 0 Å². The predicted octanol–water partition coefficient (Wildman–Crippen LogP) is 1.54. The van der Waals surface area contributed by atoms with Gasteiger partial charge in [-0.05, 0) is 12.8 Å². The highest BCUT2D eigenvalue weighted by atomic mass is 16.5. The molecule has 0 atom stereocenters. The normalized spacial score (nSPS) is 14.7. The fourth-order valence-electron chi connectivity index (χ4n) is 2.37. The molecule has 0 saturated carbocycles. The lowest BCUT2D eigenvalue weighted by atomic mass is 10.0. The summed E-state index contributed by atoms with van der Waals surface area (Å²) in [5, 5.41) is 17.9. The molecule has 1 aromatic rings.